The molecule has 3 aromatic rings. The Morgan fingerprint density at radius 2 is 2.20 bits per heavy atom. The Labute approximate surface area is 178 Å². The number of hydrogen-bond donors (Lipinski definition) is 1. The second kappa shape index (κ2) is 8.92. The van der Waals surface area contributed by atoms with Crippen LogP contribution in [-0.2, 0) is 17.5 Å². The van der Waals surface area contributed by atoms with E-state index in [1.807, 2.05) is 0 Å². The maximum Gasteiger partial charge on any atom is 0.417 e. The van der Waals surface area contributed by atoms with E-state index in [0.717, 1.165) is 17.3 Å². The number of halogens is 4. The number of aryl methyl sites for hydroxylation is 1. The van der Waals surface area contributed by atoms with Crippen molar-refractivity contribution >= 4 is 35.1 Å². The second-order valence-corrected chi connectivity index (χ2v) is 7.33. The molecule has 0 aromatic carbocycles. The van der Waals surface area contributed by atoms with Crippen LogP contribution in [0.1, 0.15) is 11.3 Å². The van der Waals surface area contributed by atoms with Crippen molar-refractivity contribution in [3.05, 3.63) is 53.6 Å². The van der Waals surface area contributed by atoms with Gasteiger partial charge in [-0.15, -0.1) is 16.8 Å². The van der Waals surface area contributed by atoms with Gasteiger partial charge in [0.2, 0.25) is 5.91 Å². The summed E-state index contributed by atoms with van der Waals surface area (Å²) in [6, 6.07) is 2.47. The summed E-state index contributed by atoms with van der Waals surface area (Å²) in [5.74, 6) is 0.487. The zero-order chi connectivity index (χ0) is 21.9. The molecule has 0 saturated carbocycles. The molecule has 0 aliphatic carbocycles. The van der Waals surface area contributed by atoms with Crippen LogP contribution in [-0.4, -0.2) is 31.4 Å². The molecule has 0 spiro atoms. The number of hydrogen-bond acceptors (Lipinski definition) is 6. The van der Waals surface area contributed by atoms with Crippen molar-refractivity contribution in [2.45, 2.75) is 24.8 Å². The molecule has 0 atom stereocenters. The van der Waals surface area contributed by atoms with Gasteiger partial charge in [-0.25, -0.2) is 4.98 Å². The molecule has 0 aliphatic rings. The van der Waals surface area contributed by atoms with Crippen LogP contribution in [0.4, 0.5) is 19.0 Å². The number of pyridine rings is 1. The van der Waals surface area contributed by atoms with Crippen molar-refractivity contribution in [2.24, 2.45) is 0 Å². The molecule has 3 rings (SSSR count). The maximum absolute atomic E-state index is 12.7. The number of nitrogens with zero attached hydrogens (tertiary/aromatic N) is 4. The molecular formula is C18H15ClF3N5O2S. The molecule has 0 bridgehead atoms. The van der Waals surface area contributed by atoms with E-state index in [0.29, 0.717) is 35.5 Å². The van der Waals surface area contributed by atoms with Gasteiger partial charge in [-0.05, 0) is 19.1 Å². The lowest BCUT2D eigenvalue weighted by Gasteiger charge is -2.10. The van der Waals surface area contributed by atoms with Gasteiger partial charge in [-0.3, -0.25) is 9.36 Å². The highest BCUT2D eigenvalue weighted by Crippen LogP contribution is 2.32. The minimum Gasteiger partial charge on any atom is -0.469 e. The zero-order valence-electron chi connectivity index (χ0n) is 15.5. The van der Waals surface area contributed by atoms with Crippen LogP contribution in [0.3, 0.4) is 0 Å². The molecule has 7 nitrogen and oxygen atoms in total. The first kappa shape index (κ1) is 21.9. The molecule has 0 unspecified atom stereocenters. The van der Waals surface area contributed by atoms with Gasteiger partial charge >= 0.3 is 6.18 Å². The maximum atomic E-state index is 12.7. The number of allylic oxidation sites excluding steroid dienone is 1. The summed E-state index contributed by atoms with van der Waals surface area (Å²) in [4.78, 5) is 15.8. The third-order valence-electron chi connectivity index (χ3n) is 3.89. The summed E-state index contributed by atoms with van der Waals surface area (Å²) in [6.07, 6.45) is -0.763. The van der Waals surface area contributed by atoms with Gasteiger partial charge in [0.05, 0.1) is 28.2 Å². The molecule has 0 radical (unpaired) electrons. The third-order valence-corrected chi connectivity index (χ3v) is 5.14. The molecule has 12 heteroatoms. The number of aromatic nitrogens is 4. The Bertz CT molecular complexity index is 1080. The lowest BCUT2D eigenvalue weighted by molar-refractivity contribution is -0.137. The van der Waals surface area contributed by atoms with E-state index in [2.05, 4.69) is 27.1 Å². The first-order valence-electron chi connectivity index (χ1n) is 8.44. The van der Waals surface area contributed by atoms with Crippen molar-refractivity contribution < 1.29 is 22.4 Å². The highest BCUT2D eigenvalue weighted by molar-refractivity contribution is 7.99. The van der Waals surface area contributed by atoms with Crippen molar-refractivity contribution in [3.8, 4) is 11.4 Å². The monoisotopic (exact) mass is 457 g/mol. The average Bonchev–Trinajstić information content (AvgIpc) is 3.27. The van der Waals surface area contributed by atoms with E-state index in [1.54, 1.807) is 29.9 Å². The minimum absolute atomic E-state index is 0.0846. The van der Waals surface area contributed by atoms with Crippen LogP contribution in [0, 0.1) is 6.92 Å². The number of alkyl halides is 3. The Morgan fingerprint density at radius 3 is 2.80 bits per heavy atom. The summed E-state index contributed by atoms with van der Waals surface area (Å²) < 4.78 is 45.1. The smallest absolute Gasteiger partial charge is 0.417 e. The quantitative estimate of drug-likeness (QED) is 0.404. The molecule has 158 valence electrons. The number of thioether (sulfide) groups is 1. The zero-order valence-corrected chi connectivity index (χ0v) is 17.1. The standard InChI is InChI=1S/C18H15ClF3N5O2S/c1-3-5-27-16(12-4-6-29-10(12)2)25-26-17(27)30-9-14(28)24-15-13(19)7-11(8-23-15)18(20,21)22/h3-4,6-8H,1,5,9H2,2H3,(H,23,24,28). The van der Waals surface area contributed by atoms with E-state index in [1.165, 1.54) is 0 Å². The minimum atomic E-state index is -4.57. The van der Waals surface area contributed by atoms with Crippen LogP contribution in [0.15, 0.2) is 46.8 Å². The Hall–Kier alpha value is -2.79. The SMILES string of the molecule is C=CCn1c(SCC(=O)Nc2ncc(C(F)(F)F)cc2Cl)nnc1-c1ccoc1C. The third kappa shape index (κ3) is 4.85. The van der Waals surface area contributed by atoms with Gasteiger partial charge in [-0.1, -0.05) is 29.4 Å². The molecule has 30 heavy (non-hydrogen) atoms. The molecule has 1 N–H and O–H groups in total. The van der Waals surface area contributed by atoms with Gasteiger partial charge in [0, 0.05) is 12.7 Å². The lowest BCUT2D eigenvalue weighted by Crippen LogP contribution is -2.16. The van der Waals surface area contributed by atoms with Crippen LogP contribution in [0.2, 0.25) is 5.02 Å². The highest BCUT2D eigenvalue weighted by atomic mass is 35.5. The number of furan rings is 1. The fourth-order valence-corrected chi connectivity index (χ4v) is 3.45. The Kier molecular flexibility index (Phi) is 6.52. The van der Waals surface area contributed by atoms with Gasteiger partial charge in [0.15, 0.2) is 16.8 Å². The molecule has 1 amide bonds. The number of rotatable bonds is 7. The molecule has 0 saturated heterocycles. The van der Waals surface area contributed by atoms with Gasteiger partial charge in [0.1, 0.15) is 5.76 Å². The fourth-order valence-electron chi connectivity index (χ4n) is 2.49. The van der Waals surface area contributed by atoms with E-state index >= 15 is 0 Å². The van der Waals surface area contributed by atoms with E-state index < -0.39 is 17.6 Å². The van der Waals surface area contributed by atoms with E-state index in [4.69, 9.17) is 16.0 Å². The Morgan fingerprint density at radius 1 is 1.43 bits per heavy atom. The van der Waals surface area contributed by atoms with Crippen LogP contribution in [0.5, 0.6) is 0 Å². The van der Waals surface area contributed by atoms with Gasteiger partial charge < -0.3 is 9.73 Å². The summed E-state index contributed by atoms with van der Waals surface area (Å²) >= 11 is 6.91. The summed E-state index contributed by atoms with van der Waals surface area (Å²) in [7, 11) is 0. The van der Waals surface area contributed by atoms with Crippen molar-refractivity contribution in [1.82, 2.24) is 19.7 Å². The fraction of sp³-hybridized carbons (Fsp3) is 0.222. The number of nitrogens with one attached hydrogen (secondary N) is 1. The molecule has 3 aromatic heterocycles. The second-order valence-electron chi connectivity index (χ2n) is 5.98. The Balaban J connectivity index is 1.70. The predicted molar refractivity (Wildman–Crippen MR) is 106 cm³/mol. The molecule has 0 aliphatic heterocycles. The van der Waals surface area contributed by atoms with E-state index in [-0.39, 0.29) is 16.6 Å². The van der Waals surface area contributed by atoms with Crippen LogP contribution >= 0.6 is 23.4 Å². The molecule has 3 heterocycles. The molecule has 0 fully saturated rings. The first-order chi connectivity index (χ1) is 14.2. The topological polar surface area (TPSA) is 85.8 Å². The number of amides is 1. The number of carbonyl (C=O) groups is 1. The number of carbonyl (C=O) groups excluding carboxylic acids is 1. The average molecular weight is 458 g/mol. The highest BCUT2D eigenvalue weighted by Gasteiger charge is 2.31. The lowest BCUT2D eigenvalue weighted by atomic mass is 10.2. The van der Waals surface area contributed by atoms with Crippen LogP contribution in [0.25, 0.3) is 11.4 Å². The summed E-state index contributed by atoms with van der Waals surface area (Å²) in [6.45, 7) is 5.92. The van der Waals surface area contributed by atoms with Crippen LogP contribution < -0.4 is 5.32 Å². The summed E-state index contributed by atoms with van der Waals surface area (Å²) in [5, 5.41) is 10.8. The van der Waals surface area contributed by atoms with Gasteiger partial charge in [0.25, 0.3) is 0 Å². The van der Waals surface area contributed by atoms with Crippen molar-refractivity contribution in [1.29, 1.82) is 0 Å². The predicted octanol–water partition coefficient (Wildman–Crippen LogP) is 4.83. The van der Waals surface area contributed by atoms with E-state index in [9.17, 15) is 18.0 Å². The van der Waals surface area contributed by atoms with Crippen molar-refractivity contribution in [2.75, 3.05) is 11.1 Å². The number of anilines is 1. The molecular weight excluding hydrogens is 443 g/mol. The summed E-state index contributed by atoms with van der Waals surface area (Å²) in [5.41, 5.74) is -0.235. The normalized spacial score (nSPS) is 11.5. The largest absolute Gasteiger partial charge is 0.469 e. The van der Waals surface area contributed by atoms with Gasteiger partial charge in [-0.2, -0.15) is 13.2 Å². The first-order valence-corrected chi connectivity index (χ1v) is 9.81. The van der Waals surface area contributed by atoms with Crippen molar-refractivity contribution in [3.63, 3.8) is 0 Å².